The Morgan fingerprint density at radius 1 is 1.39 bits per heavy atom. The number of nitrogens with zero attached hydrogens (tertiary/aromatic N) is 1. The van der Waals surface area contributed by atoms with Crippen LogP contribution < -0.4 is 5.32 Å². The number of carbonyl (C=O) groups excluding carboxylic acids is 1. The van der Waals surface area contributed by atoms with Crippen LogP contribution in [0.3, 0.4) is 0 Å². The molecule has 1 rings (SSSR count). The molecule has 1 heterocycles. The number of alkyl halides is 2. The number of hydrogen-bond donors (Lipinski definition) is 1. The number of pyridine rings is 1. The molecule has 18 heavy (non-hydrogen) atoms. The molecule has 0 aliphatic heterocycles. The molecule has 0 aliphatic rings. The van der Waals surface area contributed by atoms with E-state index in [-0.39, 0.29) is 5.56 Å². The van der Waals surface area contributed by atoms with Crippen LogP contribution in [0.4, 0.5) is 8.78 Å². The quantitative estimate of drug-likeness (QED) is 0.903. The van der Waals surface area contributed by atoms with Gasteiger partial charge in [-0.3, -0.25) is 9.78 Å². The highest BCUT2D eigenvalue weighted by molar-refractivity contribution is 5.93. The molecule has 0 saturated heterocycles. The van der Waals surface area contributed by atoms with E-state index in [4.69, 9.17) is 0 Å². The van der Waals surface area contributed by atoms with Crippen molar-refractivity contribution in [1.29, 1.82) is 0 Å². The molecular weight excluding hydrogens is 238 g/mol. The maximum absolute atomic E-state index is 12.8. The van der Waals surface area contributed by atoms with Gasteiger partial charge in [0.1, 0.15) is 5.69 Å². The molecule has 0 saturated carbocycles. The van der Waals surface area contributed by atoms with Gasteiger partial charge < -0.3 is 5.32 Å². The Morgan fingerprint density at radius 2 is 1.94 bits per heavy atom. The molecule has 0 atom stereocenters. The number of unbranched alkanes of at least 4 members (excludes halogenated alkanes) is 1. The second-order valence-electron chi connectivity index (χ2n) is 3.90. The predicted octanol–water partition coefficient (Wildman–Crippen LogP) is 3.36. The van der Waals surface area contributed by atoms with E-state index in [0.29, 0.717) is 0 Å². The fourth-order valence-corrected chi connectivity index (χ4v) is 0.956. The van der Waals surface area contributed by atoms with Gasteiger partial charge in [-0.05, 0) is 12.1 Å². The number of carbonyl (C=O) groups is 1. The predicted molar refractivity (Wildman–Crippen MR) is 67.8 cm³/mol. The van der Waals surface area contributed by atoms with Gasteiger partial charge in [-0.1, -0.05) is 26.7 Å². The van der Waals surface area contributed by atoms with Gasteiger partial charge in [0.25, 0.3) is 11.8 Å². The van der Waals surface area contributed by atoms with E-state index >= 15 is 0 Å². The summed E-state index contributed by atoms with van der Waals surface area (Å²) in [6.45, 7) is 5.10. The molecule has 1 amide bonds. The summed E-state index contributed by atoms with van der Waals surface area (Å²) in [6, 6.07) is 2.47. The maximum atomic E-state index is 12.8. The summed E-state index contributed by atoms with van der Waals surface area (Å²) >= 11 is 0. The monoisotopic (exact) mass is 258 g/mol. The zero-order chi connectivity index (χ0) is 14.2. The summed E-state index contributed by atoms with van der Waals surface area (Å²) in [4.78, 5) is 14.6. The molecular formula is C13H20F2N2O. The van der Waals surface area contributed by atoms with E-state index in [2.05, 4.69) is 24.1 Å². The van der Waals surface area contributed by atoms with Crippen LogP contribution in [0.25, 0.3) is 0 Å². The molecule has 102 valence electrons. The highest BCUT2D eigenvalue weighted by Crippen LogP contribution is 2.25. The van der Waals surface area contributed by atoms with Crippen molar-refractivity contribution >= 4 is 5.91 Å². The van der Waals surface area contributed by atoms with Crippen LogP contribution in [0, 0.1) is 0 Å². The first-order valence-corrected chi connectivity index (χ1v) is 5.93. The average Bonchev–Trinajstić information content (AvgIpc) is 2.37. The van der Waals surface area contributed by atoms with E-state index < -0.39 is 17.5 Å². The second-order valence-corrected chi connectivity index (χ2v) is 3.90. The second kappa shape index (κ2) is 7.74. The lowest BCUT2D eigenvalue weighted by Crippen LogP contribution is -2.19. The number of amides is 1. The lowest BCUT2D eigenvalue weighted by molar-refractivity contribution is 0.0127. The molecule has 0 aliphatic carbocycles. The Balaban J connectivity index is 0.000000631. The van der Waals surface area contributed by atoms with Gasteiger partial charge in [-0.2, -0.15) is 8.78 Å². The Bertz CT molecular complexity index is 373. The van der Waals surface area contributed by atoms with E-state index in [1.165, 1.54) is 32.2 Å². The van der Waals surface area contributed by atoms with Gasteiger partial charge in [0, 0.05) is 25.7 Å². The summed E-state index contributed by atoms with van der Waals surface area (Å²) in [5.74, 6) is -3.43. The summed E-state index contributed by atoms with van der Waals surface area (Å²) in [5.41, 5.74) is -0.224. The van der Waals surface area contributed by atoms with Crippen LogP contribution >= 0.6 is 0 Å². The molecule has 5 heteroatoms. The molecule has 1 aromatic rings. The number of aromatic nitrogens is 1. The zero-order valence-electron chi connectivity index (χ0n) is 11.3. The highest BCUT2D eigenvalue weighted by Gasteiger charge is 2.26. The van der Waals surface area contributed by atoms with Crippen molar-refractivity contribution in [2.75, 3.05) is 7.05 Å². The van der Waals surface area contributed by atoms with Crippen molar-refractivity contribution < 1.29 is 13.6 Å². The third kappa shape index (κ3) is 5.70. The van der Waals surface area contributed by atoms with E-state index in [1.54, 1.807) is 0 Å². The molecule has 0 bridgehead atoms. The third-order valence-corrected chi connectivity index (χ3v) is 2.20. The summed E-state index contributed by atoms with van der Waals surface area (Å²) in [6.07, 6.45) is 3.83. The van der Waals surface area contributed by atoms with Gasteiger partial charge in [0.2, 0.25) is 0 Å². The Hall–Kier alpha value is -1.52. The van der Waals surface area contributed by atoms with E-state index in [9.17, 15) is 13.6 Å². The Labute approximate surface area is 107 Å². The number of halogens is 2. The van der Waals surface area contributed by atoms with Gasteiger partial charge in [0.15, 0.2) is 0 Å². The molecule has 3 nitrogen and oxygen atoms in total. The maximum Gasteiger partial charge on any atom is 0.286 e. The van der Waals surface area contributed by atoms with Crippen LogP contribution in [-0.4, -0.2) is 17.9 Å². The van der Waals surface area contributed by atoms with Gasteiger partial charge >= 0.3 is 0 Å². The lowest BCUT2D eigenvalue weighted by Gasteiger charge is -2.09. The molecule has 1 aromatic heterocycles. The summed E-state index contributed by atoms with van der Waals surface area (Å²) < 4.78 is 25.6. The number of hydrogen-bond acceptors (Lipinski definition) is 2. The largest absolute Gasteiger partial charge is 0.355 e. The molecule has 0 radical (unpaired) electrons. The van der Waals surface area contributed by atoms with Crippen molar-refractivity contribution in [1.82, 2.24) is 10.3 Å². The minimum atomic E-state index is -3.02. The fraction of sp³-hybridized carbons (Fsp3) is 0.538. The molecule has 0 spiro atoms. The van der Waals surface area contributed by atoms with Crippen LogP contribution in [0.15, 0.2) is 18.3 Å². The van der Waals surface area contributed by atoms with Crippen LogP contribution in [-0.2, 0) is 5.92 Å². The smallest absolute Gasteiger partial charge is 0.286 e. The summed E-state index contributed by atoms with van der Waals surface area (Å²) in [7, 11) is 1.44. The van der Waals surface area contributed by atoms with Gasteiger partial charge in [-0.15, -0.1) is 0 Å². The third-order valence-electron chi connectivity index (χ3n) is 2.20. The van der Waals surface area contributed by atoms with Crippen molar-refractivity contribution in [3.05, 3.63) is 29.6 Å². The first-order chi connectivity index (χ1) is 8.36. The molecule has 0 unspecified atom stereocenters. The first-order valence-electron chi connectivity index (χ1n) is 5.93. The Kier molecular flexibility index (Phi) is 7.08. The fourth-order valence-electron chi connectivity index (χ4n) is 0.956. The minimum Gasteiger partial charge on any atom is -0.355 e. The lowest BCUT2D eigenvalue weighted by atomic mass is 10.1. The summed E-state index contributed by atoms with van der Waals surface area (Å²) in [5, 5.41) is 2.35. The van der Waals surface area contributed by atoms with Crippen molar-refractivity contribution in [2.24, 2.45) is 0 Å². The highest BCUT2D eigenvalue weighted by atomic mass is 19.3. The normalized spacial score (nSPS) is 10.3. The number of nitrogens with one attached hydrogen (secondary N) is 1. The Morgan fingerprint density at radius 3 is 2.33 bits per heavy atom. The molecule has 0 fully saturated rings. The van der Waals surface area contributed by atoms with Gasteiger partial charge in [-0.25, -0.2) is 0 Å². The van der Waals surface area contributed by atoms with Crippen LogP contribution in [0.1, 0.15) is 49.7 Å². The standard InChI is InChI=1S/C9H10F2N2O.C4H10/c1-9(10,11)7-5-6(3-4-13-7)8(14)12-2;1-3-4-2/h3-5H,1-2H3,(H,12,14);3-4H2,1-2H3. The van der Waals surface area contributed by atoms with Crippen LogP contribution in [0.5, 0.6) is 0 Å². The van der Waals surface area contributed by atoms with Crippen molar-refractivity contribution in [3.8, 4) is 0 Å². The topological polar surface area (TPSA) is 42.0 Å². The number of rotatable bonds is 3. The first kappa shape index (κ1) is 16.5. The van der Waals surface area contributed by atoms with E-state index in [1.807, 2.05) is 0 Å². The molecule has 0 aromatic carbocycles. The van der Waals surface area contributed by atoms with Crippen molar-refractivity contribution in [3.63, 3.8) is 0 Å². The van der Waals surface area contributed by atoms with Crippen molar-refractivity contribution in [2.45, 2.75) is 39.5 Å². The average molecular weight is 258 g/mol. The molecule has 1 N–H and O–H groups in total. The van der Waals surface area contributed by atoms with E-state index in [0.717, 1.165) is 13.0 Å². The van der Waals surface area contributed by atoms with Gasteiger partial charge in [0.05, 0.1) is 0 Å². The minimum absolute atomic E-state index is 0.180. The zero-order valence-corrected chi connectivity index (χ0v) is 11.3. The SMILES string of the molecule is CCCC.CNC(=O)c1ccnc(C(C)(F)F)c1. The van der Waals surface area contributed by atoms with Crippen LogP contribution in [0.2, 0.25) is 0 Å².